The van der Waals surface area contributed by atoms with Gasteiger partial charge in [0.05, 0.1) is 18.4 Å². The normalized spacial score (nSPS) is 29.0. The molecule has 1 aromatic rings. The Labute approximate surface area is 78.1 Å². The molecule has 72 valence electrons. The molecule has 2 N–H and O–H groups in total. The predicted molar refractivity (Wildman–Crippen MR) is 50.1 cm³/mol. The van der Waals surface area contributed by atoms with Gasteiger partial charge in [0.25, 0.3) is 0 Å². The van der Waals surface area contributed by atoms with Gasteiger partial charge in [-0.05, 0) is 31.7 Å². The van der Waals surface area contributed by atoms with Crippen LogP contribution in [0.1, 0.15) is 31.7 Å². The van der Waals surface area contributed by atoms with Gasteiger partial charge in [0, 0.05) is 0 Å². The van der Waals surface area contributed by atoms with E-state index in [1.54, 1.807) is 12.4 Å². The number of rotatable bonds is 2. The van der Waals surface area contributed by atoms with E-state index in [9.17, 15) is 0 Å². The molecule has 13 heavy (non-hydrogen) atoms. The monoisotopic (exact) mass is 180 g/mol. The fourth-order valence-electron chi connectivity index (χ4n) is 2.10. The van der Waals surface area contributed by atoms with E-state index in [-0.39, 0.29) is 0 Å². The third-order valence-electron chi connectivity index (χ3n) is 2.85. The third-order valence-corrected chi connectivity index (χ3v) is 2.85. The van der Waals surface area contributed by atoms with Crippen molar-refractivity contribution in [2.45, 2.75) is 31.7 Å². The Morgan fingerprint density at radius 1 is 1.31 bits per heavy atom. The lowest BCUT2D eigenvalue weighted by Crippen LogP contribution is -2.25. The molecule has 1 aliphatic rings. The zero-order valence-corrected chi connectivity index (χ0v) is 7.76. The smallest absolute Gasteiger partial charge is 0.0719 e. The van der Waals surface area contributed by atoms with Crippen molar-refractivity contribution < 1.29 is 0 Å². The highest BCUT2D eigenvalue weighted by atomic mass is 15.5. The van der Waals surface area contributed by atoms with Crippen molar-refractivity contribution in [2.24, 2.45) is 11.7 Å². The molecular weight excluding hydrogens is 164 g/mol. The van der Waals surface area contributed by atoms with Gasteiger partial charge < -0.3 is 5.73 Å². The molecule has 1 aliphatic carbocycles. The molecule has 0 bridgehead atoms. The minimum atomic E-state index is 0.484. The van der Waals surface area contributed by atoms with Crippen LogP contribution in [0.3, 0.4) is 0 Å². The Morgan fingerprint density at radius 2 is 2.08 bits per heavy atom. The first-order chi connectivity index (χ1) is 6.40. The highest BCUT2D eigenvalue weighted by molar-refractivity contribution is 4.76. The Kier molecular flexibility index (Phi) is 2.59. The van der Waals surface area contributed by atoms with Crippen LogP contribution in [0.25, 0.3) is 0 Å². The van der Waals surface area contributed by atoms with Crippen molar-refractivity contribution >= 4 is 0 Å². The molecular formula is C9H16N4. The average molecular weight is 180 g/mol. The zero-order valence-electron chi connectivity index (χ0n) is 7.76. The van der Waals surface area contributed by atoms with E-state index in [1.807, 2.05) is 4.80 Å². The summed E-state index contributed by atoms with van der Waals surface area (Å²) in [5.41, 5.74) is 5.67. The maximum absolute atomic E-state index is 5.67. The molecule has 0 spiro atoms. The second-order valence-electron chi connectivity index (χ2n) is 3.77. The molecule has 4 nitrogen and oxygen atoms in total. The number of aromatic nitrogens is 3. The van der Waals surface area contributed by atoms with Gasteiger partial charge in [0.1, 0.15) is 0 Å². The number of hydrogen-bond acceptors (Lipinski definition) is 3. The zero-order chi connectivity index (χ0) is 9.10. The van der Waals surface area contributed by atoms with Gasteiger partial charge in [-0.1, -0.05) is 6.42 Å². The van der Waals surface area contributed by atoms with Crippen molar-refractivity contribution in [2.75, 3.05) is 6.54 Å². The molecule has 0 aliphatic heterocycles. The quantitative estimate of drug-likeness (QED) is 0.737. The maximum Gasteiger partial charge on any atom is 0.0719 e. The fraction of sp³-hybridized carbons (Fsp3) is 0.778. The number of hydrogen-bond donors (Lipinski definition) is 1. The van der Waals surface area contributed by atoms with Crippen LogP contribution < -0.4 is 5.73 Å². The molecule has 0 saturated heterocycles. The molecule has 4 heteroatoms. The lowest BCUT2D eigenvalue weighted by atomic mass is 9.86. The second-order valence-corrected chi connectivity index (χ2v) is 3.77. The predicted octanol–water partition coefficient (Wildman–Crippen LogP) is 0.968. The first kappa shape index (κ1) is 8.69. The minimum Gasteiger partial charge on any atom is -0.330 e. The van der Waals surface area contributed by atoms with Crippen LogP contribution in [0.2, 0.25) is 0 Å². The summed E-state index contributed by atoms with van der Waals surface area (Å²) < 4.78 is 0. The highest BCUT2D eigenvalue weighted by Gasteiger charge is 2.22. The average Bonchev–Trinajstić information content (AvgIpc) is 2.71. The van der Waals surface area contributed by atoms with E-state index < -0.39 is 0 Å². The molecule has 1 aromatic heterocycles. The SMILES string of the molecule is NCC1CCCC(n2nccn2)C1. The van der Waals surface area contributed by atoms with Crippen LogP contribution >= 0.6 is 0 Å². The Balaban J connectivity index is 2.00. The summed E-state index contributed by atoms with van der Waals surface area (Å²) in [6, 6.07) is 0.484. The van der Waals surface area contributed by atoms with E-state index >= 15 is 0 Å². The molecule has 2 unspecified atom stereocenters. The van der Waals surface area contributed by atoms with Gasteiger partial charge in [-0.25, -0.2) is 0 Å². The van der Waals surface area contributed by atoms with Crippen LogP contribution in [-0.2, 0) is 0 Å². The Hall–Kier alpha value is -0.900. The molecule has 1 fully saturated rings. The first-order valence-electron chi connectivity index (χ1n) is 4.96. The number of nitrogens with zero attached hydrogens (tertiary/aromatic N) is 3. The largest absolute Gasteiger partial charge is 0.330 e. The molecule has 0 radical (unpaired) electrons. The lowest BCUT2D eigenvalue weighted by Gasteiger charge is -2.27. The first-order valence-corrected chi connectivity index (χ1v) is 4.96. The van der Waals surface area contributed by atoms with Gasteiger partial charge >= 0.3 is 0 Å². The molecule has 1 saturated carbocycles. The fourth-order valence-corrected chi connectivity index (χ4v) is 2.10. The van der Waals surface area contributed by atoms with E-state index in [0.717, 1.165) is 13.0 Å². The Morgan fingerprint density at radius 3 is 2.77 bits per heavy atom. The van der Waals surface area contributed by atoms with Gasteiger partial charge in [0.2, 0.25) is 0 Å². The highest BCUT2D eigenvalue weighted by Crippen LogP contribution is 2.30. The van der Waals surface area contributed by atoms with E-state index in [1.165, 1.54) is 19.3 Å². The number of nitrogens with two attached hydrogens (primary N) is 1. The van der Waals surface area contributed by atoms with Crippen molar-refractivity contribution in [1.29, 1.82) is 0 Å². The standard InChI is InChI=1S/C9H16N4/c10-7-8-2-1-3-9(6-8)13-11-4-5-12-13/h4-5,8-9H,1-3,6-7,10H2. The van der Waals surface area contributed by atoms with Crippen molar-refractivity contribution in [3.05, 3.63) is 12.4 Å². The summed E-state index contributed by atoms with van der Waals surface area (Å²) >= 11 is 0. The molecule has 1 heterocycles. The van der Waals surface area contributed by atoms with Crippen LogP contribution in [0.5, 0.6) is 0 Å². The summed E-state index contributed by atoms with van der Waals surface area (Å²) in [7, 11) is 0. The minimum absolute atomic E-state index is 0.484. The van der Waals surface area contributed by atoms with Gasteiger partial charge in [-0.3, -0.25) is 0 Å². The summed E-state index contributed by atoms with van der Waals surface area (Å²) in [6.45, 7) is 0.803. The van der Waals surface area contributed by atoms with Gasteiger partial charge in [-0.15, -0.1) is 0 Å². The molecule has 0 amide bonds. The van der Waals surface area contributed by atoms with E-state index in [0.29, 0.717) is 12.0 Å². The van der Waals surface area contributed by atoms with Crippen LogP contribution in [0, 0.1) is 5.92 Å². The van der Waals surface area contributed by atoms with Gasteiger partial charge in [0.15, 0.2) is 0 Å². The van der Waals surface area contributed by atoms with E-state index in [4.69, 9.17) is 5.73 Å². The second kappa shape index (κ2) is 3.87. The summed E-state index contributed by atoms with van der Waals surface area (Å²) in [5.74, 6) is 0.671. The molecule has 0 aromatic carbocycles. The maximum atomic E-state index is 5.67. The van der Waals surface area contributed by atoms with Crippen molar-refractivity contribution in [3.8, 4) is 0 Å². The summed E-state index contributed by atoms with van der Waals surface area (Å²) in [6.07, 6.45) is 8.36. The molecule has 2 atom stereocenters. The topological polar surface area (TPSA) is 56.7 Å². The van der Waals surface area contributed by atoms with Crippen molar-refractivity contribution in [3.63, 3.8) is 0 Å². The molecule has 2 rings (SSSR count). The lowest BCUT2D eigenvalue weighted by molar-refractivity contribution is 0.239. The summed E-state index contributed by atoms with van der Waals surface area (Å²) in [5, 5.41) is 8.35. The third kappa shape index (κ3) is 1.88. The van der Waals surface area contributed by atoms with Crippen molar-refractivity contribution in [1.82, 2.24) is 15.0 Å². The summed E-state index contributed by atoms with van der Waals surface area (Å²) in [4.78, 5) is 1.84. The van der Waals surface area contributed by atoms with Crippen LogP contribution in [0.15, 0.2) is 12.4 Å². The van der Waals surface area contributed by atoms with Crippen LogP contribution in [0.4, 0.5) is 0 Å². The van der Waals surface area contributed by atoms with Crippen LogP contribution in [-0.4, -0.2) is 21.5 Å². The van der Waals surface area contributed by atoms with E-state index in [2.05, 4.69) is 10.2 Å². The van der Waals surface area contributed by atoms with Gasteiger partial charge in [-0.2, -0.15) is 15.0 Å². The Bertz CT molecular complexity index is 244.